The number of thioether (sulfide) groups is 1. The minimum absolute atomic E-state index is 0.0125. The molecule has 4 rings (SSSR count). The number of nitrogens with two attached hydrogens (primary N) is 1. The second kappa shape index (κ2) is 21.9. The highest BCUT2D eigenvalue weighted by Gasteiger charge is 2.50. The molecule has 3 heterocycles. The zero-order valence-corrected chi connectivity index (χ0v) is 36.6. The van der Waals surface area contributed by atoms with Crippen molar-refractivity contribution in [1.29, 1.82) is 0 Å². The number of rotatable bonds is 24. The number of anilines is 1. The molecule has 12 N–H and O–H groups in total. The first-order chi connectivity index (χ1) is 29.3. The van der Waals surface area contributed by atoms with Gasteiger partial charge in [-0.3, -0.25) is 37.3 Å². The lowest BCUT2D eigenvalue weighted by atomic mass is 9.87. The van der Waals surface area contributed by atoms with Gasteiger partial charge in [-0.05, 0) is 5.56 Å². The molecule has 9 atom stereocenters. The first-order valence-electron chi connectivity index (χ1n) is 18.3. The average molecular weight is 974 g/mol. The molecule has 0 radical (unpaired) electrons. The summed E-state index contributed by atoms with van der Waals surface area (Å²) in [5, 5.41) is 45.6. The van der Waals surface area contributed by atoms with Gasteiger partial charge in [0.1, 0.15) is 36.3 Å². The molecule has 1 aromatic carbocycles. The number of carboxylic acid groups (broad SMARTS) is 1. The summed E-state index contributed by atoms with van der Waals surface area (Å²) in [5.41, 5.74) is 4.53. The Morgan fingerprint density at radius 2 is 1.65 bits per heavy atom. The Hall–Kier alpha value is -3.79. The SMILES string of the molecule is CC(C)(COP(=O)(O)OP(=O)(O)OC[C@H]1O[C@@H](n2cnc3c(N)ncnc32)[C@H](O)[C@@H]1OP(=O)(O)O)[C@@H](O)C(=O)NCCC(=O)NCCSC(=O)C(CC(=O)O)[C@H](O)c1ccccc1. The molecule has 1 aliphatic heterocycles. The highest BCUT2D eigenvalue weighted by Crippen LogP contribution is 2.61. The number of hydrogen-bond acceptors (Lipinski definition) is 20. The van der Waals surface area contributed by atoms with Crippen molar-refractivity contribution in [2.45, 2.75) is 63.4 Å². The number of nitrogen functional groups attached to an aromatic ring is 1. The summed E-state index contributed by atoms with van der Waals surface area (Å²) >= 11 is 0.720. The van der Waals surface area contributed by atoms with Crippen molar-refractivity contribution in [3.05, 3.63) is 48.5 Å². The summed E-state index contributed by atoms with van der Waals surface area (Å²) in [7, 11) is -16.5. The van der Waals surface area contributed by atoms with Gasteiger partial charge in [-0.1, -0.05) is 55.9 Å². The third-order valence-corrected chi connectivity index (χ3v) is 13.1. The predicted octanol–water partition coefficient (Wildman–Crippen LogP) is -0.511. The molecule has 0 spiro atoms. The summed E-state index contributed by atoms with van der Waals surface area (Å²) in [6, 6.07) is 8.05. The lowest BCUT2D eigenvalue weighted by Gasteiger charge is -2.30. The van der Waals surface area contributed by atoms with Crippen LogP contribution in [0, 0.1) is 11.3 Å². The Labute approximate surface area is 361 Å². The number of carbonyl (C=O) groups is 4. The number of nitrogens with one attached hydrogen (secondary N) is 2. The van der Waals surface area contributed by atoms with E-state index in [-0.39, 0.29) is 42.2 Å². The Morgan fingerprint density at radius 3 is 2.30 bits per heavy atom. The maximum absolute atomic E-state index is 12.7. The number of fused-ring (bicyclic) bond motifs is 1. The standard InChI is InChI=1S/C32H46N7O20P3S/c1-32(2,26(45)29(46)35-9-8-20(40)34-10-11-63-31(47)18(12-21(41)42)23(43)17-6-4-3-5-7-17)14-56-62(53,54)59-61(51,52)55-13-19-25(58-60(48,49)50)24(44)30(57-19)39-16-38-22-27(33)36-15-37-28(22)39/h3-7,15-16,18-19,23-26,30,43-45H,8-14H2,1-2H3,(H,34,40)(H,35,46)(H,41,42)(H,51,52)(H,53,54)(H2,33,36,37)(H2,48,49,50)/t18?,19-,23-,24-,25-,26+,30-/m1/s1. The Bertz CT molecular complexity index is 2230. The number of amides is 2. The number of ether oxygens (including phenoxy) is 1. The van der Waals surface area contributed by atoms with Gasteiger partial charge in [0.05, 0.1) is 38.0 Å². The summed E-state index contributed by atoms with van der Waals surface area (Å²) in [5.74, 6) is -4.18. The molecule has 2 amide bonds. The van der Waals surface area contributed by atoms with Gasteiger partial charge in [-0.25, -0.2) is 28.6 Å². The predicted molar refractivity (Wildman–Crippen MR) is 214 cm³/mol. The lowest BCUT2D eigenvalue weighted by molar-refractivity contribution is -0.141. The molecule has 31 heteroatoms. The zero-order valence-electron chi connectivity index (χ0n) is 33.1. The van der Waals surface area contributed by atoms with Gasteiger partial charge in [0.15, 0.2) is 22.8 Å². The fourth-order valence-electron chi connectivity index (χ4n) is 5.78. The van der Waals surface area contributed by atoms with Gasteiger partial charge in [0.2, 0.25) is 11.8 Å². The maximum Gasteiger partial charge on any atom is 0.481 e. The van der Waals surface area contributed by atoms with Crippen LogP contribution in [0.25, 0.3) is 11.2 Å². The highest BCUT2D eigenvalue weighted by atomic mass is 32.2. The van der Waals surface area contributed by atoms with Crippen LogP contribution in [0.5, 0.6) is 0 Å². The molecular weight excluding hydrogens is 927 g/mol. The molecule has 3 aromatic rings. The van der Waals surface area contributed by atoms with Crippen molar-refractivity contribution >= 4 is 75.1 Å². The summed E-state index contributed by atoms with van der Waals surface area (Å²) in [6.45, 7) is -0.0131. The van der Waals surface area contributed by atoms with E-state index in [0.717, 1.165) is 29.0 Å². The highest BCUT2D eigenvalue weighted by molar-refractivity contribution is 8.13. The van der Waals surface area contributed by atoms with Crippen LogP contribution in [0.3, 0.4) is 0 Å². The van der Waals surface area contributed by atoms with Crippen LogP contribution >= 0.6 is 35.2 Å². The summed E-state index contributed by atoms with van der Waals surface area (Å²) in [4.78, 5) is 100. The fraction of sp³-hybridized carbons (Fsp3) is 0.531. The number of nitrogens with zero attached hydrogens (tertiary/aromatic N) is 4. The molecule has 0 saturated carbocycles. The van der Waals surface area contributed by atoms with Crippen LogP contribution in [-0.4, -0.2) is 139 Å². The van der Waals surface area contributed by atoms with Crippen LogP contribution in [0.4, 0.5) is 5.82 Å². The Morgan fingerprint density at radius 1 is 0.984 bits per heavy atom. The molecule has 350 valence electrons. The van der Waals surface area contributed by atoms with E-state index in [1.54, 1.807) is 30.3 Å². The number of aromatic nitrogens is 4. The topological polar surface area (TPSA) is 421 Å². The van der Waals surface area contributed by atoms with Gasteiger partial charge >= 0.3 is 29.4 Å². The van der Waals surface area contributed by atoms with E-state index in [4.69, 9.17) is 19.5 Å². The number of imidazole rings is 1. The number of aliphatic hydroxyl groups excluding tert-OH is 3. The molecule has 1 fully saturated rings. The van der Waals surface area contributed by atoms with Crippen LogP contribution in [0.2, 0.25) is 0 Å². The van der Waals surface area contributed by atoms with Crippen LogP contribution in [-0.2, 0) is 55.5 Å². The molecule has 0 aliphatic carbocycles. The van der Waals surface area contributed by atoms with E-state index in [1.165, 1.54) is 13.8 Å². The van der Waals surface area contributed by atoms with Crippen molar-refractivity contribution in [2.24, 2.45) is 11.3 Å². The van der Waals surface area contributed by atoms with Crippen LogP contribution < -0.4 is 16.4 Å². The smallest absolute Gasteiger partial charge is 0.481 e. The normalized spacial score (nSPS) is 21.5. The number of phosphoric acid groups is 3. The molecule has 1 aliphatic rings. The van der Waals surface area contributed by atoms with Gasteiger partial charge < -0.3 is 61.1 Å². The molecule has 0 bridgehead atoms. The number of benzene rings is 1. The first kappa shape index (κ1) is 51.8. The number of carbonyl (C=O) groups excluding carboxylic acids is 3. The van der Waals surface area contributed by atoms with Crippen molar-refractivity contribution in [3.8, 4) is 0 Å². The molecule has 2 aromatic heterocycles. The quantitative estimate of drug-likeness (QED) is 0.0398. The minimum atomic E-state index is -5.61. The van der Waals surface area contributed by atoms with E-state index in [2.05, 4.69) is 34.4 Å². The molecule has 3 unspecified atom stereocenters. The lowest BCUT2D eigenvalue weighted by Crippen LogP contribution is -2.46. The van der Waals surface area contributed by atoms with Gasteiger partial charge in [0, 0.05) is 30.7 Å². The fourth-order valence-corrected chi connectivity index (χ4v) is 9.44. The van der Waals surface area contributed by atoms with Crippen molar-refractivity contribution in [1.82, 2.24) is 30.2 Å². The number of phosphoric ester groups is 3. The molecule has 27 nitrogen and oxygen atoms in total. The average Bonchev–Trinajstić information content (AvgIpc) is 3.76. The van der Waals surface area contributed by atoms with E-state index < -0.39 is 114 Å². The molecule has 1 saturated heterocycles. The molecule has 63 heavy (non-hydrogen) atoms. The minimum Gasteiger partial charge on any atom is -0.481 e. The zero-order chi connectivity index (χ0) is 46.9. The monoisotopic (exact) mass is 973 g/mol. The van der Waals surface area contributed by atoms with Gasteiger partial charge in [0.25, 0.3) is 0 Å². The summed E-state index contributed by atoms with van der Waals surface area (Å²) in [6.07, 6.45) is -9.23. The Balaban J connectivity index is 1.21. The van der Waals surface area contributed by atoms with Crippen LogP contribution in [0.15, 0.2) is 43.0 Å². The van der Waals surface area contributed by atoms with E-state index in [0.29, 0.717) is 5.56 Å². The van der Waals surface area contributed by atoms with Gasteiger partial charge in [-0.15, -0.1) is 0 Å². The second-order valence-electron chi connectivity index (χ2n) is 14.3. The number of aliphatic hydroxyl groups is 3. The van der Waals surface area contributed by atoms with Crippen LogP contribution in [0.1, 0.15) is 44.6 Å². The van der Waals surface area contributed by atoms with E-state index >= 15 is 0 Å². The van der Waals surface area contributed by atoms with Crippen molar-refractivity contribution in [3.63, 3.8) is 0 Å². The number of hydrogen-bond donors (Lipinski definition) is 11. The van der Waals surface area contributed by atoms with Gasteiger partial charge in [-0.2, -0.15) is 4.31 Å². The number of aliphatic carboxylic acids is 1. The third-order valence-electron chi connectivity index (χ3n) is 8.97. The van der Waals surface area contributed by atoms with E-state index in [1.807, 2.05) is 0 Å². The van der Waals surface area contributed by atoms with E-state index in [9.17, 15) is 72.9 Å². The van der Waals surface area contributed by atoms with Crippen molar-refractivity contribution in [2.75, 3.05) is 37.8 Å². The summed E-state index contributed by atoms with van der Waals surface area (Å²) < 4.78 is 62.2. The number of carboxylic acids is 1. The first-order valence-corrected chi connectivity index (χ1v) is 23.8. The second-order valence-corrected chi connectivity index (χ2v) is 19.6. The Kier molecular flexibility index (Phi) is 18.0. The largest absolute Gasteiger partial charge is 0.481 e. The maximum atomic E-state index is 12.7. The molecular formula is C32H46N7O20P3S. The third kappa shape index (κ3) is 15.1. The van der Waals surface area contributed by atoms with Crippen molar-refractivity contribution < 1.29 is 95.5 Å².